The van der Waals surface area contributed by atoms with Crippen LogP contribution in [0.25, 0.3) is 0 Å². The van der Waals surface area contributed by atoms with Crippen molar-refractivity contribution in [2.24, 2.45) is 11.8 Å². The first-order valence-electron chi connectivity index (χ1n) is 10.1. The van der Waals surface area contributed by atoms with Crippen LogP contribution < -0.4 is 0 Å². The van der Waals surface area contributed by atoms with Crippen LogP contribution in [-0.2, 0) is 9.47 Å². The van der Waals surface area contributed by atoms with Gasteiger partial charge in [-0.15, -0.1) is 0 Å². The average Bonchev–Trinajstić information content (AvgIpc) is 2.58. The molecule has 0 aliphatic heterocycles. The molecule has 0 fully saturated rings. The summed E-state index contributed by atoms with van der Waals surface area (Å²) < 4.78 is 10.5. The summed E-state index contributed by atoms with van der Waals surface area (Å²) in [7, 11) is 0. The lowest BCUT2D eigenvalue weighted by atomic mass is 9.94. The molecule has 0 heterocycles. The Bertz CT molecular complexity index is 343. The molecule has 156 valence electrons. The monoisotopic (exact) mass is 374 g/mol. The Labute approximate surface area is 160 Å². The molecule has 0 saturated carbocycles. The topological polar surface area (TPSA) is 79.2 Å². The van der Waals surface area contributed by atoms with E-state index < -0.39 is 12.2 Å². The summed E-state index contributed by atoms with van der Waals surface area (Å²) in [4.78, 5) is 0. The summed E-state index contributed by atoms with van der Waals surface area (Å²) in [5, 5.41) is 27.5. The molecule has 26 heavy (non-hydrogen) atoms. The summed E-state index contributed by atoms with van der Waals surface area (Å²) in [6.07, 6.45) is 8.06. The lowest BCUT2D eigenvalue weighted by molar-refractivity contribution is -0.0450. The Balaban J connectivity index is 3.63. The Morgan fingerprint density at radius 2 is 1.50 bits per heavy atom. The quantitative estimate of drug-likeness (QED) is 0.269. The van der Waals surface area contributed by atoms with Gasteiger partial charge in [-0.2, -0.15) is 0 Å². The maximum absolute atomic E-state index is 9.69. The van der Waals surface area contributed by atoms with E-state index in [4.69, 9.17) is 19.7 Å². The number of aliphatic hydroxyl groups excluding tert-OH is 3. The van der Waals surface area contributed by atoms with Crippen LogP contribution in [0.2, 0.25) is 0 Å². The van der Waals surface area contributed by atoms with Crippen LogP contribution in [0, 0.1) is 11.8 Å². The van der Waals surface area contributed by atoms with Gasteiger partial charge in [0.15, 0.2) is 0 Å². The summed E-state index contributed by atoms with van der Waals surface area (Å²) in [5.74, 6) is 1.61. The van der Waals surface area contributed by atoms with Crippen LogP contribution in [0.1, 0.15) is 66.2 Å². The van der Waals surface area contributed by atoms with Gasteiger partial charge in [0.05, 0.1) is 33.0 Å². The lowest BCUT2D eigenvalue weighted by Crippen LogP contribution is -2.26. The fraction of sp³-hybridized carbons (Fsp3) is 0.905. The molecule has 3 N–H and O–H groups in total. The van der Waals surface area contributed by atoms with E-state index in [1.165, 1.54) is 37.7 Å². The van der Waals surface area contributed by atoms with Gasteiger partial charge >= 0.3 is 0 Å². The van der Waals surface area contributed by atoms with E-state index in [-0.39, 0.29) is 26.4 Å². The number of hydrogen-bond donors (Lipinski definition) is 3. The second kappa shape index (κ2) is 16.7. The number of hydrogen-bond acceptors (Lipinski definition) is 5. The molecule has 5 nitrogen and oxygen atoms in total. The standard InChI is InChI=1S/C21H42O5/c1-17(2)7-5-8-18(3)9-6-10-19(4)11-12-25-15-21(24)16-26-14-20(23)13-22/h11,17-18,20-24H,5-10,12-16H2,1-4H3/b19-11+. The molecular formula is C21H42O5. The van der Waals surface area contributed by atoms with E-state index in [2.05, 4.69) is 33.8 Å². The smallest absolute Gasteiger partial charge is 0.101 e. The number of allylic oxidation sites excluding steroid dienone is 1. The molecule has 0 aliphatic rings. The molecule has 0 rings (SSSR count). The summed E-state index contributed by atoms with van der Waals surface area (Å²) in [5.41, 5.74) is 1.33. The zero-order chi connectivity index (χ0) is 19.8. The van der Waals surface area contributed by atoms with E-state index in [1.807, 2.05) is 0 Å². The minimum atomic E-state index is -0.897. The van der Waals surface area contributed by atoms with Gasteiger partial charge in [0.25, 0.3) is 0 Å². The predicted molar refractivity (Wildman–Crippen MR) is 106 cm³/mol. The molecular weight excluding hydrogens is 332 g/mol. The van der Waals surface area contributed by atoms with E-state index in [0.717, 1.165) is 18.3 Å². The highest BCUT2D eigenvalue weighted by Crippen LogP contribution is 2.18. The normalized spacial score (nSPS) is 16.1. The highest BCUT2D eigenvalue weighted by molar-refractivity contribution is 4.97. The molecule has 0 aromatic heterocycles. The predicted octanol–water partition coefficient (Wildman–Crippen LogP) is 3.31. The Morgan fingerprint density at radius 1 is 0.885 bits per heavy atom. The molecule has 3 atom stereocenters. The summed E-state index contributed by atoms with van der Waals surface area (Å²) in [6.45, 7) is 9.51. The maximum atomic E-state index is 9.69. The van der Waals surface area contributed by atoms with Gasteiger partial charge in [-0.3, -0.25) is 0 Å². The fourth-order valence-corrected chi connectivity index (χ4v) is 2.70. The Morgan fingerprint density at radius 3 is 2.15 bits per heavy atom. The Hall–Kier alpha value is -0.460. The molecule has 0 bridgehead atoms. The van der Waals surface area contributed by atoms with Crippen LogP contribution in [0.4, 0.5) is 0 Å². The number of ether oxygens (including phenoxy) is 2. The molecule has 5 heteroatoms. The third-order valence-corrected chi connectivity index (χ3v) is 4.44. The van der Waals surface area contributed by atoms with Crippen molar-refractivity contribution >= 4 is 0 Å². The SMILES string of the molecule is C/C(=C\COCC(O)COCC(O)CO)CCCC(C)CCCC(C)C. The van der Waals surface area contributed by atoms with E-state index in [0.29, 0.717) is 6.61 Å². The average molecular weight is 375 g/mol. The minimum Gasteiger partial charge on any atom is -0.394 e. The first kappa shape index (κ1) is 25.5. The van der Waals surface area contributed by atoms with Crippen molar-refractivity contribution in [2.45, 2.75) is 78.4 Å². The molecule has 0 radical (unpaired) electrons. The minimum absolute atomic E-state index is 0.0163. The van der Waals surface area contributed by atoms with Crippen molar-refractivity contribution in [3.8, 4) is 0 Å². The summed E-state index contributed by atoms with van der Waals surface area (Å²) in [6, 6.07) is 0. The first-order chi connectivity index (χ1) is 12.3. The number of rotatable bonds is 17. The van der Waals surface area contributed by atoms with Gasteiger partial charge < -0.3 is 24.8 Å². The van der Waals surface area contributed by atoms with Crippen LogP contribution in [-0.4, -0.2) is 60.6 Å². The zero-order valence-electron chi connectivity index (χ0n) is 17.3. The van der Waals surface area contributed by atoms with E-state index in [9.17, 15) is 5.11 Å². The molecule has 0 amide bonds. The second-order valence-corrected chi connectivity index (χ2v) is 7.94. The van der Waals surface area contributed by atoms with Gasteiger partial charge in [0.2, 0.25) is 0 Å². The van der Waals surface area contributed by atoms with E-state index >= 15 is 0 Å². The fourth-order valence-electron chi connectivity index (χ4n) is 2.70. The highest BCUT2D eigenvalue weighted by atomic mass is 16.5. The van der Waals surface area contributed by atoms with Crippen LogP contribution in [0.15, 0.2) is 11.6 Å². The van der Waals surface area contributed by atoms with Crippen molar-refractivity contribution in [3.63, 3.8) is 0 Å². The van der Waals surface area contributed by atoms with Crippen molar-refractivity contribution in [1.29, 1.82) is 0 Å². The van der Waals surface area contributed by atoms with Crippen molar-refractivity contribution < 1.29 is 24.8 Å². The zero-order valence-corrected chi connectivity index (χ0v) is 17.3. The molecule has 3 unspecified atom stereocenters. The first-order valence-corrected chi connectivity index (χ1v) is 10.1. The molecule has 0 spiro atoms. The molecule has 0 aliphatic carbocycles. The van der Waals surface area contributed by atoms with Gasteiger partial charge in [-0.05, 0) is 31.6 Å². The maximum Gasteiger partial charge on any atom is 0.101 e. The van der Waals surface area contributed by atoms with Crippen molar-refractivity contribution in [3.05, 3.63) is 11.6 Å². The van der Waals surface area contributed by atoms with Crippen molar-refractivity contribution in [2.75, 3.05) is 33.0 Å². The van der Waals surface area contributed by atoms with Crippen LogP contribution in [0.5, 0.6) is 0 Å². The third-order valence-electron chi connectivity index (χ3n) is 4.44. The summed E-state index contributed by atoms with van der Waals surface area (Å²) >= 11 is 0. The van der Waals surface area contributed by atoms with Gasteiger partial charge in [0.1, 0.15) is 12.2 Å². The van der Waals surface area contributed by atoms with Gasteiger partial charge in [0, 0.05) is 0 Å². The molecule has 0 aromatic carbocycles. The molecule has 0 saturated heterocycles. The second-order valence-electron chi connectivity index (χ2n) is 7.94. The van der Waals surface area contributed by atoms with Gasteiger partial charge in [-0.25, -0.2) is 0 Å². The van der Waals surface area contributed by atoms with Crippen LogP contribution in [0.3, 0.4) is 0 Å². The van der Waals surface area contributed by atoms with E-state index in [1.54, 1.807) is 0 Å². The number of aliphatic hydroxyl groups is 3. The lowest BCUT2D eigenvalue weighted by Gasteiger charge is -2.13. The third kappa shape index (κ3) is 17.0. The Kier molecular flexibility index (Phi) is 16.4. The highest BCUT2D eigenvalue weighted by Gasteiger charge is 2.07. The van der Waals surface area contributed by atoms with Gasteiger partial charge in [-0.1, -0.05) is 58.1 Å². The van der Waals surface area contributed by atoms with Crippen LogP contribution >= 0.6 is 0 Å². The molecule has 0 aromatic rings. The largest absolute Gasteiger partial charge is 0.394 e. The van der Waals surface area contributed by atoms with Crippen molar-refractivity contribution in [1.82, 2.24) is 0 Å².